The third-order valence-corrected chi connectivity index (χ3v) is 4.26. The zero-order valence-electron chi connectivity index (χ0n) is 14.2. The molecule has 0 radical (unpaired) electrons. The van der Waals surface area contributed by atoms with E-state index in [0.29, 0.717) is 22.9 Å². The van der Waals surface area contributed by atoms with Gasteiger partial charge in [0.2, 0.25) is 0 Å². The number of furan rings is 1. The summed E-state index contributed by atoms with van der Waals surface area (Å²) in [6, 6.07) is 9.10. The number of carbonyl (C=O) groups is 1. The van der Waals surface area contributed by atoms with Gasteiger partial charge in [0.05, 0.1) is 29.2 Å². The number of hydrogen-bond acceptors (Lipinski definition) is 4. The van der Waals surface area contributed by atoms with Gasteiger partial charge >= 0.3 is 5.91 Å². The average Bonchev–Trinajstić information content (AvgIpc) is 3.16. The summed E-state index contributed by atoms with van der Waals surface area (Å²) < 4.78 is 20.3. The van der Waals surface area contributed by atoms with Crippen LogP contribution in [0.25, 0.3) is 0 Å². The van der Waals surface area contributed by atoms with E-state index in [4.69, 9.17) is 16.0 Å². The molecule has 1 amide bonds. The van der Waals surface area contributed by atoms with Gasteiger partial charge in [-0.3, -0.25) is 9.48 Å². The molecule has 3 aromatic rings. The smallest absolute Gasteiger partial charge is 0.307 e. The molecule has 2 aromatic heterocycles. The molecule has 0 saturated heterocycles. The Morgan fingerprint density at radius 2 is 2.19 bits per heavy atom. The fourth-order valence-corrected chi connectivity index (χ4v) is 2.50. The maximum Gasteiger partial charge on any atom is 0.307 e. The Balaban J connectivity index is 1.63. The lowest BCUT2D eigenvalue weighted by Gasteiger charge is -2.01. The van der Waals surface area contributed by atoms with E-state index in [1.54, 1.807) is 28.9 Å². The van der Waals surface area contributed by atoms with E-state index in [1.165, 1.54) is 18.3 Å². The van der Waals surface area contributed by atoms with E-state index in [0.717, 1.165) is 11.4 Å². The van der Waals surface area contributed by atoms with E-state index < -0.39 is 5.91 Å². The Labute approximate surface area is 154 Å². The number of rotatable bonds is 5. The highest BCUT2D eigenvalue weighted by Crippen LogP contribution is 2.20. The number of nitrogens with zero attached hydrogens (tertiary/aromatic N) is 3. The Kier molecular flexibility index (Phi) is 5.18. The van der Waals surface area contributed by atoms with Crippen LogP contribution in [0.5, 0.6) is 0 Å². The molecule has 3 rings (SSSR count). The van der Waals surface area contributed by atoms with Gasteiger partial charge in [0, 0.05) is 0 Å². The molecule has 0 atom stereocenters. The Bertz CT molecular complexity index is 977. The standard InChI is InChI=1S/C18H16ClFN4O2/c1-11-17(19)12(2)24(23-11)10-15-6-7-16(26-15)18(25)22-21-9-13-4-3-5-14(20)8-13/h3-9H,10H2,1-2H3,(H,22,25)/b21-9+. The van der Waals surface area contributed by atoms with Gasteiger partial charge in [-0.1, -0.05) is 23.7 Å². The first kappa shape index (κ1) is 17.9. The van der Waals surface area contributed by atoms with Crippen molar-refractivity contribution in [1.29, 1.82) is 0 Å². The monoisotopic (exact) mass is 374 g/mol. The zero-order valence-corrected chi connectivity index (χ0v) is 14.9. The highest BCUT2D eigenvalue weighted by molar-refractivity contribution is 6.31. The third kappa shape index (κ3) is 4.00. The number of hydrazone groups is 1. The summed E-state index contributed by atoms with van der Waals surface area (Å²) in [5.74, 6) is -0.203. The first-order valence-corrected chi connectivity index (χ1v) is 8.19. The molecule has 0 spiro atoms. The molecule has 0 bridgehead atoms. The van der Waals surface area contributed by atoms with Crippen LogP contribution in [0, 0.1) is 19.7 Å². The summed E-state index contributed by atoms with van der Waals surface area (Å²) in [5, 5.41) is 8.73. The second-order valence-electron chi connectivity index (χ2n) is 5.66. The van der Waals surface area contributed by atoms with Crippen LogP contribution >= 0.6 is 11.6 Å². The summed E-state index contributed by atoms with van der Waals surface area (Å²) in [5.41, 5.74) is 4.44. The SMILES string of the molecule is Cc1nn(Cc2ccc(C(=O)N/N=C/c3cccc(F)c3)o2)c(C)c1Cl. The first-order chi connectivity index (χ1) is 12.4. The molecular formula is C18H16ClFN4O2. The summed E-state index contributed by atoms with van der Waals surface area (Å²) in [7, 11) is 0. The second kappa shape index (κ2) is 7.53. The maximum atomic E-state index is 13.1. The summed E-state index contributed by atoms with van der Waals surface area (Å²) in [4.78, 5) is 12.1. The topological polar surface area (TPSA) is 72.4 Å². The number of aromatic nitrogens is 2. The summed E-state index contributed by atoms with van der Waals surface area (Å²) in [6.45, 7) is 4.04. The summed E-state index contributed by atoms with van der Waals surface area (Å²) >= 11 is 6.12. The number of aryl methyl sites for hydroxylation is 1. The molecule has 0 aliphatic rings. The van der Waals surface area contributed by atoms with Gasteiger partial charge in [-0.15, -0.1) is 0 Å². The molecular weight excluding hydrogens is 359 g/mol. The molecule has 0 fully saturated rings. The van der Waals surface area contributed by atoms with E-state index in [2.05, 4.69) is 15.6 Å². The van der Waals surface area contributed by atoms with Crippen LogP contribution in [0.1, 0.15) is 33.3 Å². The molecule has 8 heteroatoms. The highest BCUT2D eigenvalue weighted by atomic mass is 35.5. The third-order valence-electron chi connectivity index (χ3n) is 3.71. The van der Waals surface area contributed by atoms with E-state index >= 15 is 0 Å². The van der Waals surface area contributed by atoms with Crippen LogP contribution < -0.4 is 5.43 Å². The fourth-order valence-electron chi connectivity index (χ4n) is 2.37. The Morgan fingerprint density at radius 3 is 2.88 bits per heavy atom. The van der Waals surface area contributed by atoms with Crippen LogP contribution in [0.4, 0.5) is 4.39 Å². The lowest BCUT2D eigenvalue weighted by molar-refractivity contribution is 0.0925. The van der Waals surface area contributed by atoms with Gasteiger partial charge in [0.25, 0.3) is 0 Å². The van der Waals surface area contributed by atoms with Crippen molar-refractivity contribution in [3.05, 3.63) is 75.7 Å². The lowest BCUT2D eigenvalue weighted by atomic mass is 10.2. The number of carbonyl (C=O) groups excluding carboxylic acids is 1. The molecule has 0 aliphatic heterocycles. The minimum Gasteiger partial charge on any atom is -0.454 e. The van der Waals surface area contributed by atoms with Crippen LogP contribution in [-0.2, 0) is 6.54 Å². The molecule has 0 aliphatic carbocycles. The van der Waals surface area contributed by atoms with Crippen LogP contribution in [-0.4, -0.2) is 21.9 Å². The van der Waals surface area contributed by atoms with Crippen molar-refractivity contribution in [2.45, 2.75) is 20.4 Å². The number of amides is 1. The van der Waals surface area contributed by atoms with Crippen molar-refractivity contribution in [2.75, 3.05) is 0 Å². The van der Waals surface area contributed by atoms with Gasteiger partial charge in [-0.05, 0) is 43.7 Å². The first-order valence-electron chi connectivity index (χ1n) is 7.81. The predicted octanol–water partition coefficient (Wildman–Crippen LogP) is 3.70. The largest absolute Gasteiger partial charge is 0.454 e. The average molecular weight is 375 g/mol. The van der Waals surface area contributed by atoms with Crippen molar-refractivity contribution in [1.82, 2.24) is 15.2 Å². The van der Waals surface area contributed by atoms with E-state index in [9.17, 15) is 9.18 Å². The van der Waals surface area contributed by atoms with Crippen LogP contribution in [0.15, 0.2) is 45.9 Å². The Morgan fingerprint density at radius 1 is 1.38 bits per heavy atom. The number of nitrogens with one attached hydrogen (secondary N) is 1. The predicted molar refractivity (Wildman–Crippen MR) is 96.0 cm³/mol. The number of hydrogen-bond donors (Lipinski definition) is 1. The second-order valence-corrected chi connectivity index (χ2v) is 6.04. The molecule has 26 heavy (non-hydrogen) atoms. The van der Waals surface area contributed by atoms with Crippen molar-refractivity contribution in [3.8, 4) is 0 Å². The lowest BCUT2D eigenvalue weighted by Crippen LogP contribution is -2.16. The molecule has 6 nitrogen and oxygen atoms in total. The fraction of sp³-hybridized carbons (Fsp3) is 0.167. The minimum absolute atomic E-state index is 0.115. The minimum atomic E-state index is -0.504. The van der Waals surface area contributed by atoms with Crippen molar-refractivity contribution in [2.24, 2.45) is 5.10 Å². The van der Waals surface area contributed by atoms with Gasteiger partial charge in [0.1, 0.15) is 11.6 Å². The highest BCUT2D eigenvalue weighted by Gasteiger charge is 2.14. The van der Waals surface area contributed by atoms with Crippen LogP contribution in [0.2, 0.25) is 5.02 Å². The number of halogens is 2. The molecule has 1 aromatic carbocycles. The summed E-state index contributed by atoms with van der Waals surface area (Å²) in [6.07, 6.45) is 1.35. The van der Waals surface area contributed by atoms with Crippen LogP contribution in [0.3, 0.4) is 0 Å². The van der Waals surface area contributed by atoms with Crippen molar-refractivity contribution >= 4 is 23.7 Å². The molecule has 2 heterocycles. The number of benzene rings is 1. The van der Waals surface area contributed by atoms with Gasteiger partial charge in [0.15, 0.2) is 5.76 Å². The molecule has 134 valence electrons. The van der Waals surface area contributed by atoms with Crippen molar-refractivity contribution < 1.29 is 13.6 Å². The van der Waals surface area contributed by atoms with Gasteiger partial charge in [-0.25, -0.2) is 9.82 Å². The van der Waals surface area contributed by atoms with Gasteiger partial charge < -0.3 is 4.42 Å². The maximum absolute atomic E-state index is 13.1. The normalized spacial score (nSPS) is 11.2. The molecule has 1 N–H and O–H groups in total. The molecule has 0 unspecified atom stereocenters. The van der Waals surface area contributed by atoms with E-state index in [-0.39, 0.29) is 11.6 Å². The molecule has 0 saturated carbocycles. The van der Waals surface area contributed by atoms with Gasteiger partial charge in [-0.2, -0.15) is 10.2 Å². The van der Waals surface area contributed by atoms with E-state index in [1.807, 2.05) is 13.8 Å². The quantitative estimate of drug-likeness (QED) is 0.546. The van der Waals surface area contributed by atoms with Crippen molar-refractivity contribution in [3.63, 3.8) is 0 Å². The Hall–Kier alpha value is -2.93. The zero-order chi connectivity index (χ0) is 18.7.